The standard InChI is InChI=1S/C13H22N2OS/c1-16-13(10-5-3-2-4-6-10)11(14)9-12-15-7-8-17-12/h7-8,10-11,13H,2-6,9,14H2,1H3. The molecule has 1 aliphatic carbocycles. The number of hydrogen-bond acceptors (Lipinski definition) is 4. The first kappa shape index (κ1) is 13.0. The number of aromatic nitrogens is 1. The summed E-state index contributed by atoms with van der Waals surface area (Å²) in [5.41, 5.74) is 6.29. The molecule has 2 atom stereocenters. The average Bonchev–Trinajstić information content (AvgIpc) is 2.84. The van der Waals surface area contributed by atoms with Crippen molar-refractivity contribution in [1.29, 1.82) is 0 Å². The van der Waals surface area contributed by atoms with Gasteiger partial charge in [-0.3, -0.25) is 0 Å². The van der Waals surface area contributed by atoms with Crippen molar-refractivity contribution >= 4 is 11.3 Å². The predicted octanol–water partition coefficient (Wildman–Crippen LogP) is 2.61. The second kappa shape index (κ2) is 6.47. The molecule has 2 N–H and O–H groups in total. The molecule has 1 aromatic heterocycles. The van der Waals surface area contributed by atoms with Crippen LogP contribution in [0.1, 0.15) is 37.1 Å². The molecule has 1 heterocycles. The molecule has 1 aliphatic rings. The van der Waals surface area contributed by atoms with Crippen molar-refractivity contribution in [2.75, 3.05) is 7.11 Å². The van der Waals surface area contributed by atoms with E-state index in [-0.39, 0.29) is 12.1 Å². The summed E-state index contributed by atoms with van der Waals surface area (Å²) in [6.45, 7) is 0. The maximum atomic E-state index is 6.29. The number of nitrogens with zero attached hydrogens (tertiary/aromatic N) is 1. The van der Waals surface area contributed by atoms with E-state index in [0.717, 1.165) is 11.4 Å². The van der Waals surface area contributed by atoms with Gasteiger partial charge in [-0.1, -0.05) is 19.3 Å². The van der Waals surface area contributed by atoms with Gasteiger partial charge in [-0.2, -0.15) is 0 Å². The Bertz CT molecular complexity index is 309. The molecular weight excluding hydrogens is 232 g/mol. The van der Waals surface area contributed by atoms with Crippen LogP contribution in [-0.4, -0.2) is 24.2 Å². The summed E-state index contributed by atoms with van der Waals surface area (Å²) in [5, 5.41) is 3.13. The van der Waals surface area contributed by atoms with Crippen LogP contribution in [0.2, 0.25) is 0 Å². The maximum absolute atomic E-state index is 6.29. The van der Waals surface area contributed by atoms with Crippen molar-refractivity contribution in [3.05, 3.63) is 16.6 Å². The van der Waals surface area contributed by atoms with Crippen molar-refractivity contribution in [2.45, 2.75) is 50.7 Å². The molecule has 0 aromatic carbocycles. The highest BCUT2D eigenvalue weighted by Crippen LogP contribution is 2.29. The number of nitrogens with two attached hydrogens (primary N) is 1. The minimum atomic E-state index is 0.0780. The van der Waals surface area contributed by atoms with E-state index in [0.29, 0.717) is 5.92 Å². The van der Waals surface area contributed by atoms with Gasteiger partial charge in [0.15, 0.2) is 0 Å². The summed E-state index contributed by atoms with van der Waals surface area (Å²) in [6, 6.07) is 0.0780. The second-order valence-corrected chi connectivity index (χ2v) is 5.87. The van der Waals surface area contributed by atoms with E-state index in [1.54, 1.807) is 18.4 Å². The van der Waals surface area contributed by atoms with Gasteiger partial charge in [-0.25, -0.2) is 4.98 Å². The lowest BCUT2D eigenvalue weighted by atomic mass is 9.82. The number of methoxy groups -OCH3 is 1. The van der Waals surface area contributed by atoms with Crippen LogP contribution >= 0.6 is 11.3 Å². The van der Waals surface area contributed by atoms with Gasteiger partial charge in [0.2, 0.25) is 0 Å². The van der Waals surface area contributed by atoms with Crippen LogP contribution in [0.25, 0.3) is 0 Å². The first-order valence-electron chi connectivity index (χ1n) is 6.48. The van der Waals surface area contributed by atoms with Crippen molar-refractivity contribution in [2.24, 2.45) is 11.7 Å². The highest BCUT2D eigenvalue weighted by molar-refractivity contribution is 7.09. The molecule has 0 saturated heterocycles. The van der Waals surface area contributed by atoms with Gasteiger partial charge >= 0.3 is 0 Å². The number of thiazole rings is 1. The molecule has 0 aliphatic heterocycles. The lowest BCUT2D eigenvalue weighted by Gasteiger charge is -2.32. The van der Waals surface area contributed by atoms with Crippen LogP contribution in [-0.2, 0) is 11.2 Å². The number of ether oxygens (including phenoxy) is 1. The minimum absolute atomic E-state index is 0.0780. The molecule has 2 rings (SSSR count). The lowest BCUT2D eigenvalue weighted by Crippen LogP contribution is -2.43. The summed E-state index contributed by atoms with van der Waals surface area (Å²) < 4.78 is 5.65. The first-order chi connectivity index (χ1) is 8.31. The predicted molar refractivity (Wildman–Crippen MR) is 71.2 cm³/mol. The van der Waals surface area contributed by atoms with Crippen LogP contribution in [0.15, 0.2) is 11.6 Å². The smallest absolute Gasteiger partial charge is 0.0941 e. The molecule has 0 spiro atoms. The van der Waals surface area contributed by atoms with E-state index < -0.39 is 0 Å². The van der Waals surface area contributed by atoms with Gasteiger partial charge in [0.1, 0.15) is 0 Å². The van der Waals surface area contributed by atoms with Gasteiger partial charge in [-0.05, 0) is 18.8 Å². The zero-order chi connectivity index (χ0) is 12.1. The molecule has 1 fully saturated rings. The molecule has 4 heteroatoms. The summed E-state index contributed by atoms with van der Waals surface area (Å²) in [4.78, 5) is 4.30. The minimum Gasteiger partial charge on any atom is -0.380 e. The van der Waals surface area contributed by atoms with E-state index in [1.165, 1.54) is 32.1 Å². The van der Waals surface area contributed by atoms with Crippen LogP contribution in [0.5, 0.6) is 0 Å². The van der Waals surface area contributed by atoms with Crippen molar-refractivity contribution in [3.63, 3.8) is 0 Å². The van der Waals surface area contributed by atoms with E-state index >= 15 is 0 Å². The Kier molecular flexibility index (Phi) is 4.95. The van der Waals surface area contributed by atoms with Crippen LogP contribution in [0.4, 0.5) is 0 Å². The van der Waals surface area contributed by atoms with Gasteiger partial charge < -0.3 is 10.5 Å². The highest BCUT2D eigenvalue weighted by Gasteiger charge is 2.28. The Morgan fingerprint density at radius 3 is 2.82 bits per heavy atom. The Morgan fingerprint density at radius 1 is 1.47 bits per heavy atom. The Labute approximate surface area is 107 Å². The second-order valence-electron chi connectivity index (χ2n) is 4.89. The number of hydrogen-bond donors (Lipinski definition) is 1. The molecule has 1 saturated carbocycles. The molecule has 96 valence electrons. The van der Waals surface area contributed by atoms with Gasteiger partial charge in [0, 0.05) is 31.1 Å². The SMILES string of the molecule is COC(C(N)Cc1nccs1)C1CCCCC1. The zero-order valence-electron chi connectivity index (χ0n) is 10.5. The van der Waals surface area contributed by atoms with Gasteiger partial charge in [0.25, 0.3) is 0 Å². The Morgan fingerprint density at radius 2 is 2.24 bits per heavy atom. The molecular formula is C13H22N2OS. The summed E-state index contributed by atoms with van der Waals surface area (Å²) in [5.74, 6) is 0.642. The fourth-order valence-corrected chi connectivity index (χ4v) is 3.54. The van der Waals surface area contributed by atoms with Gasteiger partial charge in [0.05, 0.1) is 11.1 Å². The molecule has 1 aromatic rings. The molecule has 2 unspecified atom stereocenters. The number of rotatable bonds is 5. The van der Waals surface area contributed by atoms with Crippen LogP contribution in [0.3, 0.4) is 0 Å². The Hall–Kier alpha value is -0.450. The molecule has 0 bridgehead atoms. The van der Waals surface area contributed by atoms with Crippen molar-refractivity contribution < 1.29 is 4.74 Å². The molecule has 0 amide bonds. The van der Waals surface area contributed by atoms with Gasteiger partial charge in [-0.15, -0.1) is 11.3 Å². The Balaban J connectivity index is 1.92. The normalized spacial score (nSPS) is 21.3. The molecule has 0 radical (unpaired) electrons. The summed E-state index contributed by atoms with van der Waals surface area (Å²) in [7, 11) is 1.79. The summed E-state index contributed by atoms with van der Waals surface area (Å²) in [6.07, 6.45) is 9.44. The fraction of sp³-hybridized carbons (Fsp3) is 0.769. The molecule has 3 nitrogen and oxygen atoms in total. The van der Waals surface area contributed by atoms with E-state index in [2.05, 4.69) is 4.98 Å². The first-order valence-corrected chi connectivity index (χ1v) is 7.36. The highest BCUT2D eigenvalue weighted by atomic mass is 32.1. The van der Waals surface area contributed by atoms with E-state index in [9.17, 15) is 0 Å². The maximum Gasteiger partial charge on any atom is 0.0941 e. The lowest BCUT2D eigenvalue weighted by molar-refractivity contribution is 0.0179. The van der Waals surface area contributed by atoms with E-state index in [4.69, 9.17) is 10.5 Å². The summed E-state index contributed by atoms with van der Waals surface area (Å²) >= 11 is 1.68. The van der Waals surface area contributed by atoms with Crippen LogP contribution in [0, 0.1) is 5.92 Å². The largest absolute Gasteiger partial charge is 0.380 e. The molecule has 17 heavy (non-hydrogen) atoms. The fourth-order valence-electron chi connectivity index (χ4n) is 2.85. The zero-order valence-corrected chi connectivity index (χ0v) is 11.3. The quantitative estimate of drug-likeness (QED) is 0.878. The monoisotopic (exact) mass is 254 g/mol. The van der Waals surface area contributed by atoms with E-state index in [1.807, 2.05) is 11.6 Å². The van der Waals surface area contributed by atoms with Crippen molar-refractivity contribution in [3.8, 4) is 0 Å². The third-order valence-corrected chi connectivity index (χ3v) is 4.50. The topological polar surface area (TPSA) is 48.1 Å². The van der Waals surface area contributed by atoms with Crippen molar-refractivity contribution in [1.82, 2.24) is 4.98 Å². The third-order valence-electron chi connectivity index (χ3n) is 3.70. The van der Waals surface area contributed by atoms with Crippen LogP contribution < -0.4 is 5.73 Å². The average molecular weight is 254 g/mol. The third kappa shape index (κ3) is 3.50.